The molecular formula is C17H20N4O3. The molecule has 24 heavy (non-hydrogen) atoms. The zero-order chi connectivity index (χ0) is 17.1. The van der Waals surface area contributed by atoms with E-state index in [0.29, 0.717) is 34.7 Å². The molecule has 2 aromatic rings. The van der Waals surface area contributed by atoms with E-state index in [9.17, 15) is 4.79 Å². The van der Waals surface area contributed by atoms with Crippen LogP contribution in [-0.2, 0) is 0 Å². The van der Waals surface area contributed by atoms with Crippen molar-refractivity contribution in [3.63, 3.8) is 0 Å². The van der Waals surface area contributed by atoms with Crippen molar-refractivity contribution in [2.24, 2.45) is 5.92 Å². The molecular weight excluding hydrogens is 308 g/mol. The molecule has 0 saturated heterocycles. The van der Waals surface area contributed by atoms with Crippen LogP contribution in [0.25, 0.3) is 0 Å². The second kappa shape index (κ2) is 6.74. The number of aromatic nitrogens is 2. The number of carbonyl (C=O) groups excluding carboxylic acids is 1. The van der Waals surface area contributed by atoms with Crippen molar-refractivity contribution >= 4 is 17.5 Å². The van der Waals surface area contributed by atoms with Crippen LogP contribution < -0.4 is 20.1 Å². The third kappa shape index (κ3) is 3.73. The summed E-state index contributed by atoms with van der Waals surface area (Å²) in [6.07, 6.45) is 0. The van der Waals surface area contributed by atoms with Crippen molar-refractivity contribution in [3.8, 4) is 11.5 Å². The fraction of sp³-hybridized carbons (Fsp3) is 0.353. The number of hydrogen-bond donors (Lipinski definition) is 2. The number of hydrogen-bond acceptors (Lipinski definition) is 6. The Balaban J connectivity index is 1.74. The molecule has 7 heteroatoms. The number of rotatable bonds is 5. The van der Waals surface area contributed by atoms with Gasteiger partial charge in [-0.15, -0.1) is 0 Å². The molecule has 0 fully saturated rings. The molecule has 0 atom stereocenters. The van der Waals surface area contributed by atoms with E-state index in [1.165, 1.54) is 0 Å². The van der Waals surface area contributed by atoms with Crippen LogP contribution in [0.3, 0.4) is 0 Å². The third-order valence-corrected chi connectivity index (χ3v) is 3.39. The molecule has 0 unspecified atom stereocenters. The van der Waals surface area contributed by atoms with Gasteiger partial charge in [0.2, 0.25) is 12.7 Å². The summed E-state index contributed by atoms with van der Waals surface area (Å²) in [7, 11) is 0. The highest BCUT2D eigenvalue weighted by Crippen LogP contribution is 2.34. The maximum Gasteiger partial charge on any atom is 0.274 e. The van der Waals surface area contributed by atoms with Crippen LogP contribution >= 0.6 is 0 Å². The van der Waals surface area contributed by atoms with Crippen LogP contribution in [0.5, 0.6) is 11.5 Å². The average Bonchev–Trinajstić information content (AvgIpc) is 3.00. The molecule has 1 amide bonds. The summed E-state index contributed by atoms with van der Waals surface area (Å²) in [4.78, 5) is 21.0. The van der Waals surface area contributed by atoms with Gasteiger partial charge in [-0.3, -0.25) is 4.79 Å². The van der Waals surface area contributed by atoms with Crippen molar-refractivity contribution in [1.29, 1.82) is 0 Å². The first-order valence-corrected chi connectivity index (χ1v) is 7.82. The Morgan fingerprint density at radius 2 is 2.00 bits per heavy atom. The van der Waals surface area contributed by atoms with E-state index in [2.05, 4.69) is 34.4 Å². The number of benzene rings is 1. The summed E-state index contributed by atoms with van der Waals surface area (Å²) in [6.45, 7) is 6.96. The van der Waals surface area contributed by atoms with Gasteiger partial charge in [-0.25, -0.2) is 9.97 Å². The molecule has 0 radical (unpaired) electrons. The van der Waals surface area contributed by atoms with E-state index in [-0.39, 0.29) is 12.7 Å². The highest BCUT2D eigenvalue weighted by molar-refractivity contribution is 6.03. The lowest BCUT2D eigenvalue weighted by Gasteiger charge is -2.10. The molecule has 0 bridgehead atoms. The topological polar surface area (TPSA) is 85.4 Å². The van der Waals surface area contributed by atoms with Crippen LogP contribution in [0.2, 0.25) is 0 Å². The molecule has 1 aromatic carbocycles. The first-order chi connectivity index (χ1) is 11.5. The van der Waals surface area contributed by atoms with Gasteiger partial charge < -0.3 is 20.1 Å². The normalized spacial score (nSPS) is 12.3. The monoisotopic (exact) mass is 328 g/mol. The largest absolute Gasteiger partial charge is 0.454 e. The van der Waals surface area contributed by atoms with Gasteiger partial charge in [-0.1, -0.05) is 13.8 Å². The highest BCUT2D eigenvalue weighted by Gasteiger charge is 2.16. The number of aryl methyl sites for hydroxylation is 1. The van der Waals surface area contributed by atoms with Crippen molar-refractivity contribution in [2.75, 3.05) is 24.0 Å². The maximum absolute atomic E-state index is 12.5. The highest BCUT2D eigenvalue weighted by atomic mass is 16.7. The Morgan fingerprint density at radius 3 is 2.79 bits per heavy atom. The number of amides is 1. The summed E-state index contributed by atoms with van der Waals surface area (Å²) >= 11 is 0. The molecule has 1 aliphatic rings. The molecule has 2 heterocycles. The Kier molecular flexibility index (Phi) is 4.50. The Bertz CT molecular complexity index is 761. The van der Waals surface area contributed by atoms with Gasteiger partial charge >= 0.3 is 0 Å². The Hall–Kier alpha value is -2.83. The van der Waals surface area contributed by atoms with E-state index in [0.717, 1.165) is 12.2 Å². The summed E-state index contributed by atoms with van der Waals surface area (Å²) in [5, 5.41) is 5.95. The zero-order valence-corrected chi connectivity index (χ0v) is 13.9. The SMILES string of the molecule is Cc1cc(C(=O)Nc2ccc3c(c2)OCO3)nc(NCC(C)C)n1. The number of carbonyl (C=O) groups is 1. The summed E-state index contributed by atoms with van der Waals surface area (Å²) in [5.74, 6) is 1.91. The van der Waals surface area contributed by atoms with Gasteiger partial charge in [0.15, 0.2) is 11.5 Å². The maximum atomic E-state index is 12.5. The minimum atomic E-state index is -0.299. The number of anilines is 2. The Labute approximate surface area is 140 Å². The van der Waals surface area contributed by atoms with Gasteiger partial charge in [-0.2, -0.15) is 0 Å². The van der Waals surface area contributed by atoms with Gasteiger partial charge in [0.05, 0.1) is 0 Å². The molecule has 0 aliphatic carbocycles. The van der Waals surface area contributed by atoms with Crippen LogP contribution in [0, 0.1) is 12.8 Å². The summed E-state index contributed by atoms with van der Waals surface area (Å²) < 4.78 is 10.6. The number of ether oxygens (including phenoxy) is 2. The fourth-order valence-corrected chi connectivity index (χ4v) is 2.23. The lowest BCUT2D eigenvalue weighted by Crippen LogP contribution is -2.17. The smallest absolute Gasteiger partial charge is 0.274 e. The standard InChI is InChI=1S/C17H20N4O3/c1-10(2)8-18-17-19-11(3)6-13(21-17)16(22)20-12-4-5-14-15(7-12)24-9-23-14/h4-7,10H,8-9H2,1-3H3,(H,20,22)(H,18,19,21). The quantitative estimate of drug-likeness (QED) is 0.878. The predicted molar refractivity (Wildman–Crippen MR) is 90.6 cm³/mol. The first-order valence-electron chi connectivity index (χ1n) is 7.82. The zero-order valence-electron chi connectivity index (χ0n) is 13.9. The molecule has 126 valence electrons. The van der Waals surface area contributed by atoms with E-state index in [1.54, 1.807) is 24.3 Å². The van der Waals surface area contributed by atoms with Crippen molar-refractivity contribution in [3.05, 3.63) is 35.7 Å². The molecule has 1 aromatic heterocycles. The van der Waals surface area contributed by atoms with Crippen LogP contribution in [0.1, 0.15) is 30.0 Å². The molecule has 1 aliphatic heterocycles. The molecule has 3 rings (SSSR count). The van der Waals surface area contributed by atoms with Gasteiger partial charge in [0.25, 0.3) is 5.91 Å². The minimum absolute atomic E-state index is 0.197. The minimum Gasteiger partial charge on any atom is -0.454 e. The molecule has 0 spiro atoms. The average molecular weight is 328 g/mol. The first kappa shape index (κ1) is 16.0. The van der Waals surface area contributed by atoms with E-state index >= 15 is 0 Å². The second-order valence-electron chi connectivity index (χ2n) is 6.02. The van der Waals surface area contributed by atoms with Crippen molar-refractivity contribution in [2.45, 2.75) is 20.8 Å². The molecule has 7 nitrogen and oxygen atoms in total. The van der Waals surface area contributed by atoms with Crippen molar-refractivity contribution in [1.82, 2.24) is 9.97 Å². The van der Waals surface area contributed by atoms with Gasteiger partial charge in [0, 0.05) is 24.0 Å². The fourth-order valence-electron chi connectivity index (χ4n) is 2.23. The predicted octanol–water partition coefficient (Wildman–Crippen LogP) is 2.83. The van der Waals surface area contributed by atoms with E-state index in [4.69, 9.17) is 9.47 Å². The van der Waals surface area contributed by atoms with E-state index < -0.39 is 0 Å². The molecule has 2 N–H and O–H groups in total. The molecule has 0 saturated carbocycles. The van der Waals surface area contributed by atoms with Crippen LogP contribution in [0.4, 0.5) is 11.6 Å². The summed E-state index contributed by atoms with van der Waals surface area (Å²) in [5.41, 5.74) is 1.66. The third-order valence-electron chi connectivity index (χ3n) is 3.39. The second-order valence-corrected chi connectivity index (χ2v) is 6.02. The van der Waals surface area contributed by atoms with Crippen LogP contribution in [-0.4, -0.2) is 29.2 Å². The van der Waals surface area contributed by atoms with Crippen molar-refractivity contribution < 1.29 is 14.3 Å². The number of nitrogens with zero attached hydrogens (tertiary/aromatic N) is 2. The lowest BCUT2D eigenvalue weighted by atomic mass is 10.2. The summed E-state index contributed by atoms with van der Waals surface area (Å²) in [6, 6.07) is 6.91. The number of fused-ring (bicyclic) bond motifs is 1. The van der Waals surface area contributed by atoms with Crippen LogP contribution in [0.15, 0.2) is 24.3 Å². The van der Waals surface area contributed by atoms with Gasteiger partial charge in [0.1, 0.15) is 5.69 Å². The van der Waals surface area contributed by atoms with Gasteiger partial charge in [-0.05, 0) is 31.0 Å². The number of nitrogens with one attached hydrogen (secondary N) is 2. The lowest BCUT2D eigenvalue weighted by molar-refractivity contribution is 0.102. The Morgan fingerprint density at radius 1 is 1.21 bits per heavy atom. The van der Waals surface area contributed by atoms with E-state index in [1.807, 2.05) is 6.92 Å².